The average Bonchev–Trinajstić information content (AvgIpc) is 3.42. The Balaban J connectivity index is 1.63. The highest BCUT2D eigenvalue weighted by atomic mass is 32.2. The van der Waals surface area contributed by atoms with Crippen LogP contribution >= 0.6 is 11.8 Å². The molecule has 1 aliphatic carbocycles. The van der Waals surface area contributed by atoms with Crippen molar-refractivity contribution in [1.29, 1.82) is 0 Å². The predicted octanol–water partition coefficient (Wildman–Crippen LogP) is 3.48. The zero-order chi connectivity index (χ0) is 20.5. The van der Waals surface area contributed by atoms with Crippen LogP contribution in [0.15, 0.2) is 41.6 Å². The van der Waals surface area contributed by atoms with Crippen LogP contribution in [0.5, 0.6) is 0 Å². The Morgan fingerprint density at radius 3 is 2.62 bits per heavy atom. The van der Waals surface area contributed by atoms with Gasteiger partial charge in [0.25, 0.3) is 0 Å². The quantitative estimate of drug-likeness (QED) is 0.630. The van der Waals surface area contributed by atoms with Crippen molar-refractivity contribution < 1.29 is 9.59 Å². The Morgan fingerprint density at radius 1 is 1.21 bits per heavy atom. The molecule has 2 heterocycles. The number of urea groups is 1. The Morgan fingerprint density at radius 2 is 1.93 bits per heavy atom. The fourth-order valence-corrected chi connectivity index (χ4v) is 4.01. The van der Waals surface area contributed by atoms with E-state index in [0.717, 1.165) is 40.9 Å². The van der Waals surface area contributed by atoms with Crippen LogP contribution in [0.25, 0.3) is 16.8 Å². The summed E-state index contributed by atoms with van der Waals surface area (Å²) in [5, 5.41) is 9.92. The van der Waals surface area contributed by atoms with Gasteiger partial charge in [0.05, 0.1) is 22.2 Å². The summed E-state index contributed by atoms with van der Waals surface area (Å²) in [6.07, 6.45) is 1.94. The molecular formula is C21H23N5O2S. The molecular weight excluding hydrogens is 386 g/mol. The standard InChI is InChI=1S/C21H23N5O2S/c1-12-11-13(2)25-26-18(12)17(15-7-5-4-6-8-15)23-21(26)29-14(3)19(27)24-20(28)22-16-9-10-16/h4-8,11,14,16H,9-10H2,1-3H3,(H2,22,24,27,28). The van der Waals surface area contributed by atoms with Crippen LogP contribution in [0, 0.1) is 13.8 Å². The summed E-state index contributed by atoms with van der Waals surface area (Å²) in [5.74, 6) is -0.351. The van der Waals surface area contributed by atoms with Crippen LogP contribution in [0.3, 0.4) is 0 Å². The van der Waals surface area contributed by atoms with Crippen molar-refractivity contribution in [2.45, 2.75) is 50.1 Å². The van der Waals surface area contributed by atoms with Crippen LogP contribution in [-0.2, 0) is 4.79 Å². The molecule has 7 nitrogen and oxygen atoms in total. The van der Waals surface area contributed by atoms with Gasteiger partial charge in [-0.3, -0.25) is 10.1 Å². The Labute approximate surface area is 173 Å². The maximum absolute atomic E-state index is 12.5. The topological polar surface area (TPSA) is 88.4 Å². The number of carbonyl (C=O) groups is 2. The number of fused-ring (bicyclic) bond motifs is 1. The summed E-state index contributed by atoms with van der Waals surface area (Å²) in [6.45, 7) is 5.72. The first-order valence-electron chi connectivity index (χ1n) is 9.63. The number of nitrogens with zero attached hydrogens (tertiary/aromatic N) is 3. The molecule has 4 rings (SSSR count). The van der Waals surface area contributed by atoms with Crippen molar-refractivity contribution in [2.75, 3.05) is 0 Å². The number of benzene rings is 1. The molecule has 1 atom stereocenters. The lowest BCUT2D eigenvalue weighted by molar-refractivity contribution is -0.119. The van der Waals surface area contributed by atoms with Crippen LogP contribution in [0.4, 0.5) is 4.79 Å². The minimum absolute atomic E-state index is 0.200. The average molecular weight is 410 g/mol. The van der Waals surface area contributed by atoms with Crippen molar-refractivity contribution >= 4 is 29.2 Å². The van der Waals surface area contributed by atoms with Crippen molar-refractivity contribution in [3.05, 3.63) is 47.7 Å². The van der Waals surface area contributed by atoms with Gasteiger partial charge in [-0.1, -0.05) is 42.1 Å². The minimum Gasteiger partial charge on any atom is -0.335 e. The lowest BCUT2D eigenvalue weighted by Crippen LogP contribution is -2.43. The van der Waals surface area contributed by atoms with E-state index in [1.54, 1.807) is 11.4 Å². The molecule has 0 saturated heterocycles. The summed E-state index contributed by atoms with van der Waals surface area (Å²) in [7, 11) is 0. The zero-order valence-corrected chi connectivity index (χ0v) is 17.4. The molecule has 8 heteroatoms. The summed E-state index contributed by atoms with van der Waals surface area (Å²) in [6, 6.07) is 11.7. The summed E-state index contributed by atoms with van der Waals surface area (Å²) in [4.78, 5) is 29.1. The molecule has 1 aromatic carbocycles. The number of imidazole rings is 1. The molecule has 29 heavy (non-hydrogen) atoms. The molecule has 1 unspecified atom stereocenters. The number of thioether (sulfide) groups is 1. The normalized spacial score (nSPS) is 14.6. The van der Waals surface area contributed by atoms with Crippen molar-refractivity contribution in [3.63, 3.8) is 0 Å². The highest BCUT2D eigenvalue weighted by molar-refractivity contribution is 8.00. The second-order valence-corrected chi connectivity index (χ2v) is 8.64. The van der Waals surface area contributed by atoms with Crippen molar-refractivity contribution in [3.8, 4) is 11.3 Å². The number of hydrogen-bond donors (Lipinski definition) is 2. The number of amides is 3. The minimum atomic E-state index is -0.503. The predicted molar refractivity (Wildman–Crippen MR) is 113 cm³/mol. The monoisotopic (exact) mass is 409 g/mol. The van der Waals surface area contributed by atoms with E-state index in [4.69, 9.17) is 4.98 Å². The third-order valence-electron chi connectivity index (χ3n) is 4.73. The fourth-order valence-electron chi connectivity index (χ4n) is 3.15. The number of hydrogen-bond acceptors (Lipinski definition) is 5. The summed E-state index contributed by atoms with van der Waals surface area (Å²) < 4.78 is 1.80. The fraction of sp³-hybridized carbons (Fsp3) is 0.333. The molecule has 0 bridgehead atoms. The lowest BCUT2D eigenvalue weighted by Gasteiger charge is -2.11. The highest BCUT2D eigenvalue weighted by Gasteiger charge is 2.26. The van der Waals surface area contributed by atoms with Gasteiger partial charge >= 0.3 is 6.03 Å². The van der Waals surface area contributed by atoms with E-state index in [0.29, 0.717) is 5.16 Å². The number of nitrogens with one attached hydrogen (secondary N) is 2. The van der Waals surface area contributed by atoms with E-state index in [1.807, 2.05) is 50.2 Å². The van der Waals surface area contributed by atoms with E-state index < -0.39 is 11.3 Å². The molecule has 2 aromatic heterocycles. The number of aryl methyl sites for hydroxylation is 2. The molecule has 2 N–H and O–H groups in total. The maximum Gasteiger partial charge on any atom is 0.321 e. The van der Waals surface area contributed by atoms with E-state index in [2.05, 4.69) is 15.7 Å². The van der Waals surface area contributed by atoms with Gasteiger partial charge in [0.15, 0.2) is 5.16 Å². The third kappa shape index (κ3) is 4.27. The smallest absolute Gasteiger partial charge is 0.321 e. The maximum atomic E-state index is 12.5. The molecule has 1 aliphatic rings. The zero-order valence-electron chi connectivity index (χ0n) is 16.6. The second-order valence-electron chi connectivity index (χ2n) is 7.34. The summed E-state index contributed by atoms with van der Waals surface area (Å²) >= 11 is 1.29. The Kier molecular flexibility index (Phi) is 5.27. The van der Waals surface area contributed by atoms with Gasteiger partial charge in [-0.15, -0.1) is 0 Å². The SMILES string of the molecule is Cc1cc(C)c2c(-c3ccccc3)nc(SC(C)C(=O)NC(=O)NC3CC3)n2n1. The van der Waals surface area contributed by atoms with Crippen LogP contribution < -0.4 is 10.6 Å². The number of rotatable bonds is 5. The molecule has 1 fully saturated rings. The van der Waals surface area contributed by atoms with Crippen LogP contribution in [0.1, 0.15) is 31.0 Å². The number of carbonyl (C=O) groups excluding carboxylic acids is 2. The van der Waals surface area contributed by atoms with E-state index in [9.17, 15) is 9.59 Å². The molecule has 150 valence electrons. The van der Waals surface area contributed by atoms with E-state index >= 15 is 0 Å². The van der Waals surface area contributed by atoms with Crippen LogP contribution in [-0.4, -0.2) is 37.8 Å². The van der Waals surface area contributed by atoms with Crippen molar-refractivity contribution in [1.82, 2.24) is 25.2 Å². The van der Waals surface area contributed by atoms with Gasteiger partial charge in [-0.05, 0) is 45.2 Å². The lowest BCUT2D eigenvalue weighted by atomic mass is 10.1. The molecule has 0 aliphatic heterocycles. The summed E-state index contributed by atoms with van der Waals surface area (Å²) in [5.41, 5.74) is 4.68. The Hall–Kier alpha value is -2.87. The van der Waals surface area contributed by atoms with Gasteiger partial charge in [0, 0.05) is 11.6 Å². The number of imide groups is 1. The molecule has 0 spiro atoms. The van der Waals surface area contributed by atoms with Crippen LogP contribution in [0.2, 0.25) is 0 Å². The largest absolute Gasteiger partial charge is 0.335 e. The van der Waals surface area contributed by atoms with Gasteiger partial charge in [0.2, 0.25) is 5.91 Å². The Bertz CT molecular complexity index is 1080. The third-order valence-corrected chi connectivity index (χ3v) is 5.77. The van der Waals surface area contributed by atoms with Gasteiger partial charge in [-0.2, -0.15) is 5.10 Å². The highest BCUT2D eigenvalue weighted by Crippen LogP contribution is 2.32. The van der Waals surface area contributed by atoms with E-state index in [-0.39, 0.29) is 11.9 Å². The van der Waals surface area contributed by atoms with E-state index in [1.165, 1.54) is 11.8 Å². The molecule has 3 amide bonds. The van der Waals surface area contributed by atoms with Crippen molar-refractivity contribution in [2.24, 2.45) is 0 Å². The first-order chi connectivity index (χ1) is 13.9. The van der Waals surface area contributed by atoms with Gasteiger partial charge < -0.3 is 5.32 Å². The molecule has 3 aromatic rings. The molecule has 1 saturated carbocycles. The first kappa shape index (κ1) is 19.4. The number of aromatic nitrogens is 3. The second kappa shape index (κ2) is 7.87. The molecule has 0 radical (unpaired) electrons. The first-order valence-corrected chi connectivity index (χ1v) is 10.5. The van der Waals surface area contributed by atoms with Gasteiger partial charge in [0.1, 0.15) is 0 Å². The van der Waals surface area contributed by atoms with Gasteiger partial charge in [-0.25, -0.2) is 14.3 Å².